The minimum atomic E-state index is -3.02. The van der Waals surface area contributed by atoms with Crippen molar-refractivity contribution in [1.29, 1.82) is 0 Å². The molecule has 0 unspecified atom stereocenters. The van der Waals surface area contributed by atoms with Crippen molar-refractivity contribution in [3.05, 3.63) is 29.8 Å². The van der Waals surface area contributed by atoms with Gasteiger partial charge >= 0.3 is 6.61 Å². The van der Waals surface area contributed by atoms with Crippen LogP contribution in [0.3, 0.4) is 0 Å². The summed E-state index contributed by atoms with van der Waals surface area (Å²) in [6.45, 7) is -3.02. The smallest absolute Gasteiger partial charge is 0.387 e. The molecule has 0 heterocycles. The first kappa shape index (κ1) is 15.5. The van der Waals surface area contributed by atoms with E-state index in [1.54, 1.807) is 0 Å². The number of carboxylic acid groups (broad SMARTS) is 2. The molecule has 0 radical (unpaired) electrons. The molecular weight excluding hydrogens is 278 g/mol. The Balaban J connectivity index is 2.77. The number of carbonyl (C=O) groups excluding carboxylic acids is 3. The molecule has 1 aromatic rings. The standard InChI is InChI=1S/C12H10F2O6/c13-12(14)20-7-3-1-6(2-4-7)9(15)5-8(10(16)17)11(18)19/h1-4,8,12H,5H2,(H,16,17)(H,18,19)/p-2. The number of rotatable bonds is 7. The van der Waals surface area contributed by atoms with Crippen molar-refractivity contribution in [2.24, 2.45) is 5.92 Å². The average molecular weight is 286 g/mol. The normalized spacial score (nSPS) is 10.6. The number of Topliss-reactive ketones (excluding diaryl/α,β-unsaturated/α-hetero) is 1. The molecule has 0 spiro atoms. The van der Waals surface area contributed by atoms with Crippen LogP contribution in [0.25, 0.3) is 0 Å². The highest BCUT2D eigenvalue weighted by molar-refractivity contribution is 6.02. The summed E-state index contributed by atoms with van der Waals surface area (Å²) in [5.74, 6) is -6.92. The summed E-state index contributed by atoms with van der Waals surface area (Å²) in [7, 11) is 0. The van der Waals surface area contributed by atoms with Crippen molar-refractivity contribution in [2.75, 3.05) is 0 Å². The Labute approximate surface area is 111 Å². The molecule has 20 heavy (non-hydrogen) atoms. The molecule has 0 atom stereocenters. The Morgan fingerprint density at radius 1 is 1.05 bits per heavy atom. The molecule has 0 fully saturated rings. The first-order chi connectivity index (χ1) is 9.31. The Kier molecular flexibility index (Phi) is 5.13. The van der Waals surface area contributed by atoms with Gasteiger partial charge in [-0.1, -0.05) is 0 Å². The van der Waals surface area contributed by atoms with Crippen molar-refractivity contribution in [2.45, 2.75) is 13.0 Å². The van der Waals surface area contributed by atoms with Crippen LogP contribution in [0.15, 0.2) is 24.3 Å². The fourth-order valence-electron chi connectivity index (χ4n) is 1.39. The zero-order valence-corrected chi connectivity index (χ0v) is 9.88. The Morgan fingerprint density at radius 3 is 1.95 bits per heavy atom. The van der Waals surface area contributed by atoms with Gasteiger partial charge in [0.05, 0.1) is 11.9 Å². The van der Waals surface area contributed by atoms with Crippen LogP contribution >= 0.6 is 0 Å². The average Bonchev–Trinajstić information content (AvgIpc) is 2.35. The van der Waals surface area contributed by atoms with Gasteiger partial charge in [0.15, 0.2) is 5.78 Å². The minimum absolute atomic E-state index is 0.0425. The highest BCUT2D eigenvalue weighted by atomic mass is 19.3. The van der Waals surface area contributed by atoms with Gasteiger partial charge in [-0.15, -0.1) is 0 Å². The molecule has 0 aliphatic carbocycles. The number of hydrogen-bond donors (Lipinski definition) is 0. The van der Waals surface area contributed by atoms with Gasteiger partial charge in [-0.2, -0.15) is 8.78 Å². The summed E-state index contributed by atoms with van der Waals surface area (Å²) >= 11 is 0. The van der Waals surface area contributed by atoms with E-state index < -0.39 is 36.7 Å². The summed E-state index contributed by atoms with van der Waals surface area (Å²) in [5.41, 5.74) is -0.0425. The van der Waals surface area contributed by atoms with E-state index in [-0.39, 0.29) is 11.3 Å². The molecule has 1 aromatic carbocycles. The molecule has 0 aliphatic rings. The predicted molar refractivity (Wildman–Crippen MR) is 55.5 cm³/mol. The van der Waals surface area contributed by atoms with Crippen molar-refractivity contribution in [1.82, 2.24) is 0 Å². The number of benzene rings is 1. The van der Waals surface area contributed by atoms with Gasteiger partial charge in [0.2, 0.25) is 0 Å². The lowest BCUT2D eigenvalue weighted by molar-refractivity contribution is -0.331. The van der Waals surface area contributed by atoms with Gasteiger partial charge in [-0.05, 0) is 24.3 Å². The summed E-state index contributed by atoms with van der Waals surface area (Å²) in [4.78, 5) is 32.6. The van der Waals surface area contributed by atoms with Gasteiger partial charge < -0.3 is 24.5 Å². The van der Waals surface area contributed by atoms with Crippen LogP contribution in [0, 0.1) is 5.92 Å². The zero-order chi connectivity index (χ0) is 15.3. The third-order valence-corrected chi connectivity index (χ3v) is 2.36. The van der Waals surface area contributed by atoms with Crippen LogP contribution < -0.4 is 14.9 Å². The second-order valence-electron chi connectivity index (χ2n) is 3.72. The molecule has 0 bridgehead atoms. The summed E-state index contributed by atoms with van der Waals surface area (Å²) in [6.07, 6.45) is -0.848. The number of carboxylic acids is 2. The number of carbonyl (C=O) groups is 3. The number of hydrogen-bond acceptors (Lipinski definition) is 6. The fourth-order valence-corrected chi connectivity index (χ4v) is 1.39. The second-order valence-corrected chi connectivity index (χ2v) is 3.72. The summed E-state index contributed by atoms with van der Waals surface area (Å²) in [6, 6.07) is 4.38. The molecule has 0 saturated heterocycles. The molecule has 6 nitrogen and oxygen atoms in total. The third-order valence-electron chi connectivity index (χ3n) is 2.36. The van der Waals surface area contributed by atoms with Crippen LogP contribution in [0.4, 0.5) is 8.78 Å². The first-order valence-corrected chi connectivity index (χ1v) is 5.31. The molecular formula is C12H8F2O6-2. The van der Waals surface area contributed by atoms with E-state index in [9.17, 15) is 33.4 Å². The largest absolute Gasteiger partial charge is 0.549 e. The lowest BCUT2D eigenvalue weighted by Crippen LogP contribution is -2.44. The van der Waals surface area contributed by atoms with Crippen LogP contribution in [0.5, 0.6) is 5.75 Å². The summed E-state index contributed by atoms with van der Waals surface area (Å²) < 4.78 is 27.8. The number of aliphatic carboxylic acids is 2. The van der Waals surface area contributed by atoms with E-state index in [2.05, 4.69) is 4.74 Å². The quantitative estimate of drug-likeness (QED) is 0.469. The third kappa shape index (κ3) is 4.30. The minimum Gasteiger partial charge on any atom is -0.549 e. The monoisotopic (exact) mass is 286 g/mol. The first-order valence-electron chi connectivity index (χ1n) is 5.31. The van der Waals surface area contributed by atoms with E-state index in [0.29, 0.717) is 0 Å². The number of halogens is 2. The fraction of sp³-hybridized carbons (Fsp3) is 0.250. The maximum absolute atomic E-state index is 11.9. The Hall–Kier alpha value is -2.51. The molecule has 8 heteroatoms. The maximum Gasteiger partial charge on any atom is 0.387 e. The zero-order valence-electron chi connectivity index (χ0n) is 9.88. The lowest BCUT2D eigenvalue weighted by Gasteiger charge is -2.18. The molecule has 0 aliphatic heterocycles. The van der Waals surface area contributed by atoms with E-state index >= 15 is 0 Å². The summed E-state index contributed by atoms with van der Waals surface area (Å²) in [5, 5.41) is 21.0. The van der Waals surface area contributed by atoms with Crippen LogP contribution in [0.2, 0.25) is 0 Å². The van der Waals surface area contributed by atoms with Crippen LogP contribution in [0.1, 0.15) is 16.8 Å². The highest BCUT2D eigenvalue weighted by Gasteiger charge is 2.17. The molecule has 108 valence electrons. The van der Waals surface area contributed by atoms with E-state index in [1.807, 2.05) is 0 Å². The predicted octanol–water partition coefficient (Wildman–Crippen LogP) is -1.02. The molecule has 0 N–H and O–H groups in total. The van der Waals surface area contributed by atoms with Crippen LogP contribution in [-0.4, -0.2) is 24.3 Å². The molecule has 0 amide bonds. The van der Waals surface area contributed by atoms with E-state index in [1.165, 1.54) is 0 Å². The Bertz CT molecular complexity index is 497. The SMILES string of the molecule is O=C(CC(C(=O)[O-])C(=O)[O-])c1ccc(OC(F)F)cc1. The van der Waals surface area contributed by atoms with Crippen molar-refractivity contribution in [3.63, 3.8) is 0 Å². The van der Waals surface area contributed by atoms with Crippen molar-refractivity contribution in [3.8, 4) is 5.75 Å². The maximum atomic E-state index is 11.9. The topological polar surface area (TPSA) is 107 Å². The highest BCUT2D eigenvalue weighted by Crippen LogP contribution is 2.17. The number of ether oxygens (including phenoxy) is 1. The van der Waals surface area contributed by atoms with Crippen molar-refractivity contribution >= 4 is 17.7 Å². The van der Waals surface area contributed by atoms with Gasteiger partial charge in [0.1, 0.15) is 5.75 Å². The van der Waals surface area contributed by atoms with E-state index in [4.69, 9.17) is 0 Å². The second kappa shape index (κ2) is 6.60. The van der Waals surface area contributed by atoms with Gasteiger partial charge in [0, 0.05) is 17.9 Å². The lowest BCUT2D eigenvalue weighted by atomic mass is 9.98. The van der Waals surface area contributed by atoms with Gasteiger partial charge in [0.25, 0.3) is 0 Å². The molecule has 1 rings (SSSR count). The van der Waals surface area contributed by atoms with Crippen molar-refractivity contribution < 1.29 is 38.1 Å². The molecule has 0 saturated carbocycles. The Morgan fingerprint density at radius 2 is 1.55 bits per heavy atom. The molecule has 0 aromatic heterocycles. The number of alkyl halides is 2. The number of ketones is 1. The van der Waals surface area contributed by atoms with Gasteiger partial charge in [-0.25, -0.2) is 0 Å². The van der Waals surface area contributed by atoms with Crippen LogP contribution in [-0.2, 0) is 9.59 Å². The van der Waals surface area contributed by atoms with E-state index in [0.717, 1.165) is 24.3 Å². The van der Waals surface area contributed by atoms with Gasteiger partial charge in [-0.3, -0.25) is 4.79 Å².